The predicted molar refractivity (Wildman–Crippen MR) is 71.7 cm³/mol. The highest BCUT2D eigenvalue weighted by atomic mass is 35.5. The van der Waals surface area contributed by atoms with Crippen molar-refractivity contribution < 1.29 is 5.11 Å². The van der Waals surface area contributed by atoms with Crippen LogP contribution in [-0.2, 0) is 0 Å². The molecule has 2 heterocycles. The number of halogens is 1. The van der Waals surface area contributed by atoms with Crippen LogP contribution in [0.15, 0.2) is 42.5 Å². The van der Waals surface area contributed by atoms with E-state index in [1.165, 1.54) is 11.3 Å². The van der Waals surface area contributed by atoms with Crippen LogP contribution in [0.25, 0.3) is 20.7 Å². The Bertz CT molecular complexity index is 693. The van der Waals surface area contributed by atoms with Crippen molar-refractivity contribution in [2.45, 2.75) is 0 Å². The maximum absolute atomic E-state index is 9.80. The summed E-state index contributed by atoms with van der Waals surface area (Å²) in [5.41, 5.74) is 0.826. The van der Waals surface area contributed by atoms with Crippen molar-refractivity contribution in [2.75, 3.05) is 0 Å². The van der Waals surface area contributed by atoms with Crippen LogP contribution in [0.1, 0.15) is 0 Å². The highest BCUT2D eigenvalue weighted by Crippen LogP contribution is 2.37. The number of benzene rings is 1. The number of phenolic OH excluding ortho intramolecular Hbond substituents is 1. The molecule has 4 heteroatoms. The average Bonchev–Trinajstić information content (AvgIpc) is 2.72. The first-order valence-corrected chi connectivity index (χ1v) is 6.28. The summed E-state index contributed by atoms with van der Waals surface area (Å²) < 4.78 is 0. The number of thiophene rings is 1. The van der Waals surface area contributed by atoms with E-state index in [1.807, 2.05) is 24.3 Å². The number of nitrogens with zero attached hydrogens (tertiary/aromatic N) is 1. The van der Waals surface area contributed by atoms with Crippen LogP contribution in [0.4, 0.5) is 0 Å². The Morgan fingerprint density at radius 3 is 2.76 bits per heavy atom. The van der Waals surface area contributed by atoms with E-state index < -0.39 is 0 Å². The maximum Gasteiger partial charge on any atom is 0.130 e. The minimum Gasteiger partial charge on any atom is -0.507 e. The Hall–Kier alpha value is -1.58. The highest BCUT2D eigenvalue weighted by molar-refractivity contribution is 7.21. The molecule has 1 aromatic carbocycles. The van der Waals surface area contributed by atoms with Crippen molar-refractivity contribution >= 4 is 33.2 Å². The Morgan fingerprint density at radius 2 is 1.94 bits per heavy atom. The van der Waals surface area contributed by atoms with Crippen molar-refractivity contribution in [2.24, 2.45) is 0 Å². The van der Waals surface area contributed by atoms with Crippen LogP contribution in [0.2, 0.25) is 5.15 Å². The smallest absolute Gasteiger partial charge is 0.130 e. The Balaban J connectivity index is 2.22. The lowest BCUT2D eigenvalue weighted by Gasteiger charge is -1.99. The highest BCUT2D eigenvalue weighted by Gasteiger charge is 2.08. The first-order chi connectivity index (χ1) is 8.24. The van der Waals surface area contributed by atoms with Crippen molar-refractivity contribution in [1.82, 2.24) is 4.98 Å². The molecule has 3 rings (SSSR count). The molecule has 0 aliphatic rings. The molecular formula is C13H8ClNOS. The zero-order chi connectivity index (χ0) is 11.8. The topological polar surface area (TPSA) is 33.1 Å². The molecule has 0 atom stereocenters. The van der Waals surface area contributed by atoms with Gasteiger partial charge in [0.05, 0.1) is 0 Å². The van der Waals surface area contributed by atoms with Gasteiger partial charge in [0.2, 0.25) is 0 Å². The van der Waals surface area contributed by atoms with Crippen LogP contribution in [0.5, 0.6) is 5.75 Å². The molecule has 0 fully saturated rings. The number of hydrogen-bond acceptors (Lipinski definition) is 3. The Labute approximate surface area is 107 Å². The molecule has 84 valence electrons. The number of rotatable bonds is 1. The van der Waals surface area contributed by atoms with Gasteiger partial charge in [-0.3, -0.25) is 0 Å². The van der Waals surface area contributed by atoms with Gasteiger partial charge in [0.1, 0.15) is 15.7 Å². The molecular weight excluding hydrogens is 254 g/mol. The fourth-order valence-electron chi connectivity index (χ4n) is 1.71. The molecule has 0 unspecified atom stereocenters. The monoisotopic (exact) mass is 261 g/mol. The van der Waals surface area contributed by atoms with Gasteiger partial charge in [-0.15, -0.1) is 11.3 Å². The third-order valence-electron chi connectivity index (χ3n) is 2.52. The third-order valence-corrected chi connectivity index (χ3v) is 3.81. The molecule has 2 aromatic heterocycles. The van der Waals surface area contributed by atoms with Crippen molar-refractivity contribution in [3.63, 3.8) is 0 Å². The van der Waals surface area contributed by atoms with Gasteiger partial charge in [-0.2, -0.15) is 0 Å². The van der Waals surface area contributed by atoms with Crippen LogP contribution < -0.4 is 0 Å². The Kier molecular flexibility index (Phi) is 2.50. The summed E-state index contributed by atoms with van der Waals surface area (Å²) in [7, 11) is 0. The SMILES string of the molecule is Oc1ccccc1-c1cc2ccc(Cl)nc2s1. The van der Waals surface area contributed by atoms with E-state index in [0.29, 0.717) is 5.15 Å². The number of para-hydroxylation sites is 1. The zero-order valence-corrected chi connectivity index (χ0v) is 10.3. The van der Waals surface area contributed by atoms with Gasteiger partial charge in [0.25, 0.3) is 0 Å². The number of phenols is 1. The normalized spacial score (nSPS) is 10.9. The Morgan fingerprint density at radius 1 is 1.12 bits per heavy atom. The van der Waals surface area contributed by atoms with Gasteiger partial charge in [-0.05, 0) is 30.3 Å². The molecule has 3 aromatic rings. The molecule has 0 bridgehead atoms. The summed E-state index contributed by atoms with van der Waals surface area (Å²) in [4.78, 5) is 6.13. The second kappa shape index (κ2) is 4.02. The van der Waals surface area contributed by atoms with E-state index in [9.17, 15) is 5.11 Å². The van der Waals surface area contributed by atoms with Gasteiger partial charge < -0.3 is 5.11 Å². The lowest BCUT2D eigenvalue weighted by Crippen LogP contribution is -1.72. The molecule has 0 aliphatic heterocycles. The van der Waals surface area contributed by atoms with E-state index in [0.717, 1.165) is 20.7 Å². The predicted octanol–water partition coefficient (Wildman–Crippen LogP) is 4.32. The van der Waals surface area contributed by atoms with Gasteiger partial charge in [-0.25, -0.2) is 4.98 Å². The lowest BCUT2D eigenvalue weighted by atomic mass is 10.1. The molecule has 0 saturated heterocycles. The molecule has 0 spiro atoms. The maximum atomic E-state index is 9.80. The summed E-state index contributed by atoms with van der Waals surface area (Å²) in [6.07, 6.45) is 0. The lowest BCUT2D eigenvalue weighted by molar-refractivity contribution is 0.477. The molecule has 2 nitrogen and oxygen atoms in total. The summed E-state index contributed by atoms with van der Waals surface area (Å²) >= 11 is 7.37. The van der Waals surface area contributed by atoms with Crippen molar-refractivity contribution in [3.05, 3.63) is 47.6 Å². The van der Waals surface area contributed by atoms with Gasteiger partial charge >= 0.3 is 0 Å². The van der Waals surface area contributed by atoms with E-state index >= 15 is 0 Å². The minimum atomic E-state index is 0.283. The second-order valence-corrected chi connectivity index (χ2v) is 5.07. The van der Waals surface area contributed by atoms with E-state index in [-0.39, 0.29) is 5.75 Å². The van der Waals surface area contributed by atoms with E-state index in [1.54, 1.807) is 18.2 Å². The zero-order valence-electron chi connectivity index (χ0n) is 8.72. The fourth-order valence-corrected chi connectivity index (χ4v) is 2.97. The third kappa shape index (κ3) is 1.88. The number of aromatic hydroxyl groups is 1. The van der Waals surface area contributed by atoms with Crippen LogP contribution in [0, 0.1) is 0 Å². The number of hydrogen-bond donors (Lipinski definition) is 1. The van der Waals surface area contributed by atoms with Crippen LogP contribution in [0.3, 0.4) is 0 Å². The standard InChI is InChI=1S/C13H8ClNOS/c14-12-6-5-8-7-11(17-13(8)15-12)9-3-1-2-4-10(9)16/h1-7,16H. The fraction of sp³-hybridized carbons (Fsp3) is 0. The molecule has 0 saturated carbocycles. The van der Waals surface area contributed by atoms with E-state index in [4.69, 9.17) is 11.6 Å². The minimum absolute atomic E-state index is 0.283. The molecule has 0 radical (unpaired) electrons. The second-order valence-electron chi connectivity index (χ2n) is 3.66. The quantitative estimate of drug-likeness (QED) is 0.662. The summed E-state index contributed by atoms with van der Waals surface area (Å²) in [6, 6.07) is 13.0. The first-order valence-electron chi connectivity index (χ1n) is 5.08. The molecule has 1 N–H and O–H groups in total. The number of fused-ring (bicyclic) bond motifs is 1. The summed E-state index contributed by atoms with van der Waals surface area (Å²) in [6.45, 7) is 0. The number of aromatic nitrogens is 1. The average molecular weight is 262 g/mol. The van der Waals surface area contributed by atoms with Crippen molar-refractivity contribution in [3.8, 4) is 16.2 Å². The summed E-state index contributed by atoms with van der Waals surface area (Å²) in [5.74, 6) is 0.283. The largest absolute Gasteiger partial charge is 0.507 e. The molecule has 0 aliphatic carbocycles. The van der Waals surface area contributed by atoms with Gasteiger partial charge in [-0.1, -0.05) is 23.7 Å². The van der Waals surface area contributed by atoms with Gasteiger partial charge in [0.15, 0.2) is 0 Å². The molecule has 0 amide bonds. The molecule has 17 heavy (non-hydrogen) atoms. The van der Waals surface area contributed by atoms with E-state index in [2.05, 4.69) is 4.98 Å². The number of pyridine rings is 1. The van der Waals surface area contributed by atoms with Crippen LogP contribution >= 0.6 is 22.9 Å². The van der Waals surface area contributed by atoms with Crippen molar-refractivity contribution in [1.29, 1.82) is 0 Å². The first kappa shape index (κ1) is 10.6. The van der Waals surface area contributed by atoms with Crippen LogP contribution in [-0.4, -0.2) is 10.1 Å². The summed E-state index contributed by atoms with van der Waals surface area (Å²) in [5, 5.41) is 11.3. The van der Waals surface area contributed by atoms with Gasteiger partial charge in [0, 0.05) is 15.8 Å².